The molecule has 0 radical (unpaired) electrons. The first kappa shape index (κ1) is 16.2. The van der Waals surface area contributed by atoms with Crippen molar-refractivity contribution in [3.8, 4) is 5.75 Å². The van der Waals surface area contributed by atoms with Gasteiger partial charge in [0.25, 0.3) is 0 Å². The van der Waals surface area contributed by atoms with E-state index in [9.17, 15) is 4.79 Å². The van der Waals surface area contributed by atoms with E-state index in [4.69, 9.17) is 4.74 Å². The normalized spacial score (nSPS) is 10.8. The second kappa shape index (κ2) is 7.26. The molecular weight excluding hydrogens is 328 g/mol. The van der Waals surface area contributed by atoms with Crippen LogP contribution in [0.5, 0.6) is 5.75 Å². The number of fused-ring (bicyclic) bond motifs is 1. The molecule has 2 heterocycles. The minimum atomic E-state index is -0.136. The molecule has 1 N–H and O–H groups in total. The number of rotatable bonds is 6. The van der Waals surface area contributed by atoms with Crippen molar-refractivity contribution in [2.75, 3.05) is 18.2 Å². The molecule has 1 aromatic carbocycles. The van der Waals surface area contributed by atoms with E-state index in [1.807, 2.05) is 19.1 Å². The third-order valence-corrected chi connectivity index (χ3v) is 4.24. The van der Waals surface area contributed by atoms with Crippen LogP contribution in [0.3, 0.4) is 0 Å². The number of hydrogen-bond donors (Lipinski definition) is 1. The van der Waals surface area contributed by atoms with Gasteiger partial charge in [0.1, 0.15) is 17.1 Å². The van der Waals surface area contributed by atoms with Crippen LogP contribution in [0, 0.1) is 0 Å². The van der Waals surface area contributed by atoms with Gasteiger partial charge >= 0.3 is 0 Å². The van der Waals surface area contributed by atoms with Gasteiger partial charge in [0.15, 0.2) is 11.2 Å². The second-order valence-corrected chi connectivity index (χ2v) is 5.79. The van der Waals surface area contributed by atoms with Crippen molar-refractivity contribution in [1.29, 1.82) is 0 Å². The average Bonchev–Trinajstić information content (AvgIpc) is 3.04. The molecule has 9 heteroatoms. The first-order valence-electron chi connectivity index (χ1n) is 7.32. The van der Waals surface area contributed by atoms with Gasteiger partial charge < -0.3 is 10.1 Å². The Balaban J connectivity index is 1.67. The number of ether oxygens (including phenoxy) is 1. The van der Waals surface area contributed by atoms with E-state index in [1.165, 1.54) is 18.1 Å². The van der Waals surface area contributed by atoms with Crippen LogP contribution in [0.25, 0.3) is 11.2 Å². The Morgan fingerprint density at radius 2 is 2.25 bits per heavy atom. The van der Waals surface area contributed by atoms with Crippen molar-refractivity contribution in [2.24, 2.45) is 0 Å². The van der Waals surface area contributed by atoms with E-state index < -0.39 is 0 Å². The molecule has 124 valence electrons. The Bertz CT molecular complexity index is 866. The van der Waals surface area contributed by atoms with Gasteiger partial charge in [-0.3, -0.25) is 4.79 Å². The van der Waals surface area contributed by atoms with Crippen molar-refractivity contribution >= 4 is 34.5 Å². The lowest BCUT2D eigenvalue weighted by atomic mass is 10.3. The minimum absolute atomic E-state index is 0.136. The summed E-state index contributed by atoms with van der Waals surface area (Å²) in [5, 5.41) is 11.6. The number of anilines is 1. The quantitative estimate of drug-likeness (QED) is 0.539. The molecule has 24 heavy (non-hydrogen) atoms. The zero-order valence-electron chi connectivity index (χ0n) is 13.3. The highest BCUT2D eigenvalue weighted by Gasteiger charge is 2.13. The van der Waals surface area contributed by atoms with Crippen LogP contribution < -0.4 is 10.1 Å². The number of carbonyl (C=O) groups excluding carboxylic acids is 1. The summed E-state index contributed by atoms with van der Waals surface area (Å²) in [4.78, 5) is 20.5. The van der Waals surface area contributed by atoms with Gasteiger partial charge in [0.2, 0.25) is 5.91 Å². The van der Waals surface area contributed by atoms with Gasteiger partial charge in [-0.05, 0) is 19.1 Å². The van der Waals surface area contributed by atoms with Crippen molar-refractivity contribution in [3.05, 3.63) is 30.6 Å². The maximum atomic E-state index is 12.1. The molecule has 0 fully saturated rings. The molecular formula is C15H16N6O2S. The fourth-order valence-electron chi connectivity index (χ4n) is 2.12. The third-order valence-electron chi connectivity index (χ3n) is 3.26. The smallest absolute Gasteiger partial charge is 0.234 e. The molecule has 0 saturated carbocycles. The maximum absolute atomic E-state index is 12.1. The number of carbonyl (C=O) groups is 1. The minimum Gasteiger partial charge on any atom is -0.497 e. The van der Waals surface area contributed by atoms with E-state index in [2.05, 4.69) is 25.6 Å². The molecule has 0 aliphatic heterocycles. The summed E-state index contributed by atoms with van der Waals surface area (Å²) in [7, 11) is 1.58. The Hall–Kier alpha value is -2.68. The van der Waals surface area contributed by atoms with Crippen molar-refractivity contribution in [1.82, 2.24) is 25.0 Å². The molecule has 1 amide bonds. The van der Waals surface area contributed by atoms with Crippen LogP contribution >= 0.6 is 11.8 Å². The van der Waals surface area contributed by atoms with Gasteiger partial charge in [-0.2, -0.15) is 0 Å². The first-order chi connectivity index (χ1) is 11.7. The lowest BCUT2D eigenvalue weighted by Crippen LogP contribution is -2.14. The van der Waals surface area contributed by atoms with Gasteiger partial charge in [-0.15, -0.1) is 5.10 Å². The fraction of sp³-hybridized carbons (Fsp3) is 0.267. The average molecular weight is 344 g/mol. The second-order valence-electron chi connectivity index (χ2n) is 4.83. The fourth-order valence-corrected chi connectivity index (χ4v) is 2.85. The molecule has 3 aromatic rings. The Morgan fingerprint density at radius 1 is 1.38 bits per heavy atom. The van der Waals surface area contributed by atoms with Crippen LogP contribution in [-0.2, 0) is 11.3 Å². The lowest BCUT2D eigenvalue weighted by molar-refractivity contribution is -0.113. The van der Waals surface area contributed by atoms with Crippen molar-refractivity contribution < 1.29 is 9.53 Å². The summed E-state index contributed by atoms with van der Waals surface area (Å²) >= 11 is 1.30. The molecule has 0 aliphatic carbocycles. The molecule has 0 aliphatic rings. The molecule has 3 rings (SSSR count). The van der Waals surface area contributed by atoms with Crippen LogP contribution in [0.4, 0.5) is 5.69 Å². The van der Waals surface area contributed by atoms with Gasteiger partial charge in [-0.1, -0.05) is 23.0 Å². The predicted octanol–water partition coefficient (Wildman–Crippen LogP) is 1.98. The highest BCUT2D eigenvalue weighted by atomic mass is 32.2. The molecule has 8 nitrogen and oxygen atoms in total. The summed E-state index contributed by atoms with van der Waals surface area (Å²) in [5.74, 6) is 0.763. The van der Waals surface area contributed by atoms with Crippen LogP contribution in [-0.4, -0.2) is 43.7 Å². The number of methoxy groups -OCH3 is 1. The monoisotopic (exact) mass is 344 g/mol. The van der Waals surface area contributed by atoms with Gasteiger partial charge in [0, 0.05) is 18.3 Å². The zero-order valence-corrected chi connectivity index (χ0v) is 14.1. The first-order valence-corrected chi connectivity index (χ1v) is 8.30. The van der Waals surface area contributed by atoms with E-state index in [0.717, 1.165) is 0 Å². The van der Waals surface area contributed by atoms with Crippen LogP contribution in [0.1, 0.15) is 6.92 Å². The number of nitrogens with zero attached hydrogens (tertiary/aromatic N) is 5. The van der Waals surface area contributed by atoms with E-state index in [0.29, 0.717) is 34.2 Å². The Labute approximate surface area is 142 Å². The highest BCUT2D eigenvalue weighted by Crippen LogP contribution is 2.23. The summed E-state index contributed by atoms with van der Waals surface area (Å²) < 4.78 is 6.83. The van der Waals surface area contributed by atoms with E-state index in [1.54, 1.807) is 23.9 Å². The molecule has 0 saturated heterocycles. The van der Waals surface area contributed by atoms with Crippen LogP contribution in [0.2, 0.25) is 0 Å². The van der Waals surface area contributed by atoms with Crippen molar-refractivity contribution in [3.63, 3.8) is 0 Å². The number of aromatic nitrogens is 5. The summed E-state index contributed by atoms with van der Waals surface area (Å²) in [6.45, 7) is 2.64. The summed E-state index contributed by atoms with van der Waals surface area (Å²) in [5.41, 5.74) is 1.96. The van der Waals surface area contributed by atoms with Gasteiger partial charge in [-0.25, -0.2) is 14.6 Å². The number of benzene rings is 1. The maximum Gasteiger partial charge on any atom is 0.234 e. The number of amides is 1. The third kappa shape index (κ3) is 3.46. The number of nitrogens with one attached hydrogen (secondary N) is 1. The number of hydrogen-bond acceptors (Lipinski definition) is 7. The topological polar surface area (TPSA) is 94.8 Å². The van der Waals surface area contributed by atoms with Crippen LogP contribution in [0.15, 0.2) is 35.6 Å². The predicted molar refractivity (Wildman–Crippen MR) is 91.1 cm³/mol. The largest absolute Gasteiger partial charge is 0.497 e. The molecule has 0 spiro atoms. The molecule has 0 unspecified atom stereocenters. The standard InChI is InChI=1S/C15H16N6O2S/c1-3-21-14-13(19-20-21)15(17-9-16-14)24-8-12(22)18-10-5-4-6-11(7-10)23-2/h4-7,9H,3,8H2,1-2H3,(H,18,22). The summed E-state index contributed by atoms with van der Waals surface area (Å²) in [6.07, 6.45) is 1.46. The van der Waals surface area contributed by atoms with Crippen molar-refractivity contribution in [2.45, 2.75) is 18.5 Å². The van der Waals surface area contributed by atoms with E-state index in [-0.39, 0.29) is 11.7 Å². The molecule has 2 aromatic heterocycles. The number of thioether (sulfide) groups is 1. The Morgan fingerprint density at radius 3 is 3.04 bits per heavy atom. The number of aryl methyl sites for hydroxylation is 1. The zero-order chi connectivity index (χ0) is 16.9. The lowest BCUT2D eigenvalue weighted by Gasteiger charge is -2.06. The van der Waals surface area contributed by atoms with E-state index >= 15 is 0 Å². The van der Waals surface area contributed by atoms with Gasteiger partial charge in [0.05, 0.1) is 12.9 Å². The Kier molecular flexibility index (Phi) is 4.90. The molecule has 0 bridgehead atoms. The summed E-state index contributed by atoms with van der Waals surface area (Å²) in [6, 6.07) is 7.21. The molecule has 0 atom stereocenters. The highest BCUT2D eigenvalue weighted by molar-refractivity contribution is 8.00. The SMILES string of the molecule is CCn1nnc2c(SCC(=O)Nc3cccc(OC)c3)ncnc21.